The minimum atomic E-state index is -0.793. The molecule has 0 fully saturated rings. The molecule has 2 N–H and O–H groups in total. The van der Waals surface area contributed by atoms with Crippen LogP contribution in [0.15, 0.2) is 24.3 Å². The van der Waals surface area contributed by atoms with E-state index in [-0.39, 0.29) is 0 Å². The molecule has 0 amide bonds. The molecule has 3 nitrogen and oxygen atoms in total. The molecule has 1 aromatic carbocycles. The minimum absolute atomic E-state index is 0.664. The molecular weight excluding hydrogens is 270 g/mol. The van der Waals surface area contributed by atoms with E-state index in [4.69, 9.17) is 0 Å². The van der Waals surface area contributed by atoms with Crippen molar-refractivity contribution < 1.29 is 9.90 Å². The molecule has 112 valence electrons. The number of rotatable bonds is 9. The maximum atomic E-state index is 11.3. The molecular formula is C16H25NO2S. The number of carbonyl (C=O) groups is 1. The summed E-state index contributed by atoms with van der Waals surface area (Å²) in [5.74, 6) is 1.22. The molecule has 1 aromatic rings. The smallest absolute Gasteiger partial charge is 0.323 e. The third kappa shape index (κ3) is 5.55. The van der Waals surface area contributed by atoms with Gasteiger partial charge in [-0.1, -0.05) is 36.8 Å². The molecule has 0 aliphatic heterocycles. The summed E-state index contributed by atoms with van der Waals surface area (Å²) in [6.45, 7) is 6.49. The van der Waals surface area contributed by atoms with Gasteiger partial charge in [0.2, 0.25) is 0 Å². The molecule has 0 heterocycles. The molecule has 20 heavy (non-hydrogen) atoms. The summed E-state index contributed by atoms with van der Waals surface area (Å²) in [7, 11) is 0. The Labute approximate surface area is 126 Å². The normalized spacial score (nSPS) is 13.9. The van der Waals surface area contributed by atoms with E-state index in [0.717, 1.165) is 17.9 Å². The fourth-order valence-electron chi connectivity index (χ4n) is 2.18. The Morgan fingerprint density at radius 2 is 2.20 bits per heavy atom. The zero-order chi connectivity index (χ0) is 15.0. The number of likely N-dealkylation sites (N-methyl/N-ethyl adjacent to an activating group) is 1. The highest BCUT2D eigenvalue weighted by molar-refractivity contribution is 7.98. The second kappa shape index (κ2) is 8.32. The van der Waals surface area contributed by atoms with Crippen molar-refractivity contribution in [3.63, 3.8) is 0 Å². The zero-order valence-corrected chi connectivity index (χ0v) is 13.4. The quantitative estimate of drug-likeness (QED) is 0.685. The lowest BCUT2D eigenvalue weighted by atomic mass is 9.96. The second-order valence-electron chi connectivity index (χ2n) is 5.31. The molecule has 0 aliphatic rings. The zero-order valence-electron chi connectivity index (χ0n) is 12.6. The summed E-state index contributed by atoms with van der Waals surface area (Å²) in [6, 6.07) is 8.52. The number of hydrogen-bond acceptors (Lipinski definition) is 3. The maximum Gasteiger partial charge on any atom is 0.323 e. The van der Waals surface area contributed by atoms with Gasteiger partial charge in [-0.15, -0.1) is 0 Å². The lowest BCUT2D eigenvalue weighted by Gasteiger charge is -2.25. The van der Waals surface area contributed by atoms with Crippen molar-refractivity contribution in [3.05, 3.63) is 35.4 Å². The molecule has 0 bridgehead atoms. The van der Waals surface area contributed by atoms with Gasteiger partial charge < -0.3 is 10.4 Å². The molecule has 1 atom stereocenters. The van der Waals surface area contributed by atoms with Crippen LogP contribution in [0.1, 0.15) is 37.8 Å². The average Bonchev–Trinajstić information content (AvgIpc) is 2.38. The van der Waals surface area contributed by atoms with Crippen LogP contribution < -0.4 is 5.32 Å². The number of benzene rings is 1. The Morgan fingerprint density at radius 3 is 2.80 bits per heavy atom. The Kier molecular flexibility index (Phi) is 7.10. The van der Waals surface area contributed by atoms with Crippen LogP contribution in [0.3, 0.4) is 0 Å². The first-order valence-corrected chi connectivity index (χ1v) is 8.25. The van der Waals surface area contributed by atoms with Crippen LogP contribution in [0.4, 0.5) is 0 Å². The van der Waals surface area contributed by atoms with Gasteiger partial charge in [0.1, 0.15) is 5.54 Å². The van der Waals surface area contributed by atoms with E-state index >= 15 is 0 Å². The van der Waals surface area contributed by atoms with Crippen LogP contribution in [0, 0.1) is 6.92 Å². The first-order chi connectivity index (χ1) is 9.48. The Morgan fingerprint density at radius 1 is 1.45 bits per heavy atom. The number of nitrogens with one attached hydrogen (secondary N) is 1. The van der Waals surface area contributed by atoms with E-state index in [1.54, 1.807) is 6.92 Å². The first kappa shape index (κ1) is 17.1. The van der Waals surface area contributed by atoms with Crippen LogP contribution in [-0.2, 0) is 10.5 Å². The van der Waals surface area contributed by atoms with E-state index < -0.39 is 11.5 Å². The summed E-state index contributed by atoms with van der Waals surface area (Å²) in [5.41, 5.74) is 1.83. The number of hydrogen-bond donors (Lipinski definition) is 2. The van der Waals surface area contributed by atoms with Crippen molar-refractivity contribution in [3.8, 4) is 0 Å². The van der Waals surface area contributed by atoms with Crippen LogP contribution in [-0.4, -0.2) is 28.9 Å². The van der Waals surface area contributed by atoms with Gasteiger partial charge in [0.25, 0.3) is 0 Å². The minimum Gasteiger partial charge on any atom is -0.480 e. The van der Waals surface area contributed by atoms with Crippen molar-refractivity contribution in [2.45, 2.75) is 44.9 Å². The summed E-state index contributed by atoms with van der Waals surface area (Å²) < 4.78 is 0. The topological polar surface area (TPSA) is 49.3 Å². The average molecular weight is 295 g/mol. The summed E-state index contributed by atoms with van der Waals surface area (Å²) in [5, 5.41) is 12.3. The van der Waals surface area contributed by atoms with Crippen molar-refractivity contribution in [1.29, 1.82) is 0 Å². The highest BCUT2D eigenvalue weighted by atomic mass is 32.2. The third-order valence-corrected chi connectivity index (χ3v) is 4.47. The van der Waals surface area contributed by atoms with Gasteiger partial charge in [-0.3, -0.25) is 4.79 Å². The molecule has 0 radical (unpaired) electrons. The fourth-order valence-corrected chi connectivity index (χ4v) is 3.09. The van der Waals surface area contributed by atoms with Crippen LogP contribution >= 0.6 is 11.8 Å². The monoisotopic (exact) mass is 295 g/mol. The van der Waals surface area contributed by atoms with Gasteiger partial charge >= 0.3 is 5.97 Å². The molecule has 0 aromatic heterocycles. The maximum absolute atomic E-state index is 11.3. The SMILES string of the molecule is CCNC(C)(CCCSCc1cccc(C)c1)C(=O)O. The summed E-state index contributed by atoms with van der Waals surface area (Å²) in [6.07, 6.45) is 1.57. The number of carboxylic acids is 1. The number of aryl methyl sites for hydroxylation is 1. The van der Waals surface area contributed by atoms with Gasteiger partial charge in [0.05, 0.1) is 0 Å². The molecule has 1 unspecified atom stereocenters. The summed E-state index contributed by atoms with van der Waals surface area (Å²) in [4.78, 5) is 11.3. The Hall–Kier alpha value is -1.00. The van der Waals surface area contributed by atoms with Crippen molar-refractivity contribution >= 4 is 17.7 Å². The lowest BCUT2D eigenvalue weighted by molar-refractivity contribution is -0.144. The standard InChI is InChI=1S/C16H25NO2S/c1-4-17-16(3,15(18)19)9-6-10-20-12-14-8-5-7-13(2)11-14/h5,7-8,11,17H,4,6,9-10,12H2,1-3H3,(H,18,19). The number of thioether (sulfide) groups is 1. The highest BCUT2D eigenvalue weighted by Gasteiger charge is 2.30. The molecule has 0 spiro atoms. The molecule has 1 rings (SSSR count). The van der Waals surface area contributed by atoms with Crippen LogP contribution in [0.5, 0.6) is 0 Å². The molecule has 4 heteroatoms. The van der Waals surface area contributed by atoms with Gasteiger partial charge in [-0.25, -0.2) is 0 Å². The van der Waals surface area contributed by atoms with Crippen molar-refractivity contribution in [2.24, 2.45) is 0 Å². The predicted molar refractivity (Wildman–Crippen MR) is 86.3 cm³/mol. The highest BCUT2D eigenvalue weighted by Crippen LogP contribution is 2.18. The van der Waals surface area contributed by atoms with Gasteiger partial charge in [0.15, 0.2) is 0 Å². The van der Waals surface area contributed by atoms with Gasteiger partial charge in [-0.05, 0) is 44.6 Å². The number of aliphatic carboxylic acids is 1. The van der Waals surface area contributed by atoms with Gasteiger partial charge in [0, 0.05) is 5.75 Å². The fraction of sp³-hybridized carbons (Fsp3) is 0.562. The lowest BCUT2D eigenvalue weighted by Crippen LogP contribution is -2.49. The van der Waals surface area contributed by atoms with Crippen molar-refractivity contribution in [2.75, 3.05) is 12.3 Å². The van der Waals surface area contributed by atoms with Gasteiger partial charge in [-0.2, -0.15) is 11.8 Å². The van der Waals surface area contributed by atoms with E-state index in [1.807, 2.05) is 18.7 Å². The van der Waals surface area contributed by atoms with E-state index in [0.29, 0.717) is 13.0 Å². The van der Waals surface area contributed by atoms with Crippen molar-refractivity contribution in [1.82, 2.24) is 5.32 Å². The van der Waals surface area contributed by atoms with E-state index in [1.165, 1.54) is 11.1 Å². The third-order valence-electron chi connectivity index (χ3n) is 3.36. The molecule has 0 saturated carbocycles. The largest absolute Gasteiger partial charge is 0.480 e. The van der Waals surface area contributed by atoms with E-state index in [9.17, 15) is 9.90 Å². The molecule has 0 aliphatic carbocycles. The Bertz CT molecular complexity index is 436. The summed E-state index contributed by atoms with van der Waals surface area (Å²) >= 11 is 1.86. The second-order valence-corrected chi connectivity index (χ2v) is 6.42. The van der Waals surface area contributed by atoms with Crippen LogP contribution in [0.25, 0.3) is 0 Å². The first-order valence-electron chi connectivity index (χ1n) is 7.09. The van der Waals surface area contributed by atoms with Crippen LogP contribution in [0.2, 0.25) is 0 Å². The van der Waals surface area contributed by atoms with E-state index in [2.05, 4.69) is 36.5 Å². The Balaban J connectivity index is 2.29. The predicted octanol–water partition coefficient (Wildman–Crippen LogP) is 3.46. The molecule has 0 saturated heterocycles. The number of carboxylic acid groups (broad SMARTS) is 1.